The van der Waals surface area contributed by atoms with Crippen molar-refractivity contribution in [2.75, 3.05) is 7.11 Å². The number of rotatable bonds is 4. The largest absolute Gasteiger partial charge is 0.376 e. The summed E-state index contributed by atoms with van der Waals surface area (Å²) in [6.07, 6.45) is 5.96. The van der Waals surface area contributed by atoms with Crippen molar-refractivity contribution in [2.24, 2.45) is 5.84 Å². The smallest absolute Gasteiger partial charge is 0.0885 e. The standard InChI is InChI=1S/C13H22N2OS/c1-10-11(6-9-17-10)12(15-14)13(16-2)7-4-3-5-8-13/h6,9,12,15H,3-5,7-8,14H2,1-2H3. The first-order chi connectivity index (χ1) is 8.23. The van der Waals surface area contributed by atoms with Crippen LogP contribution in [-0.4, -0.2) is 12.7 Å². The number of aryl methyl sites for hydroxylation is 1. The molecule has 4 heteroatoms. The van der Waals surface area contributed by atoms with Crippen molar-refractivity contribution in [1.82, 2.24) is 5.43 Å². The lowest BCUT2D eigenvalue weighted by Crippen LogP contribution is -2.49. The van der Waals surface area contributed by atoms with Crippen molar-refractivity contribution < 1.29 is 4.74 Å². The molecule has 3 N–H and O–H groups in total. The molecule has 1 aliphatic rings. The van der Waals surface area contributed by atoms with Crippen LogP contribution in [0.4, 0.5) is 0 Å². The third kappa shape index (κ3) is 2.40. The van der Waals surface area contributed by atoms with Crippen LogP contribution in [0.25, 0.3) is 0 Å². The Balaban J connectivity index is 2.29. The van der Waals surface area contributed by atoms with E-state index in [1.54, 1.807) is 11.3 Å². The summed E-state index contributed by atoms with van der Waals surface area (Å²) < 4.78 is 5.87. The molecule has 1 atom stereocenters. The van der Waals surface area contributed by atoms with E-state index >= 15 is 0 Å². The molecule has 0 aromatic carbocycles. The van der Waals surface area contributed by atoms with Crippen LogP contribution in [0.3, 0.4) is 0 Å². The molecule has 0 radical (unpaired) electrons. The lowest BCUT2D eigenvalue weighted by Gasteiger charge is -2.42. The number of thiophene rings is 1. The summed E-state index contributed by atoms with van der Waals surface area (Å²) in [5.41, 5.74) is 4.16. The van der Waals surface area contributed by atoms with E-state index in [-0.39, 0.29) is 11.6 Å². The molecule has 1 aromatic heterocycles. The Kier molecular flexibility index (Phi) is 4.20. The van der Waals surface area contributed by atoms with Crippen LogP contribution in [0.1, 0.15) is 48.6 Å². The summed E-state index contributed by atoms with van der Waals surface area (Å²) in [5.74, 6) is 5.80. The first kappa shape index (κ1) is 13.0. The topological polar surface area (TPSA) is 47.3 Å². The maximum Gasteiger partial charge on any atom is 0.0885 e. The second-order valence-electron chi connectivity index (χ2n) is 4.86. The van der Waals surface area contributed by atoms with Gasteiger partial charge in [-0.3, -0.25) is 11.3 Å². The minimum atomic E-state index is -0.126. The molecule has 1 fully saturated rings. The number of methoxy groups -OCH3 is 1. The molecule has 1 aromatic rings. The molecule has 0 saturated heterocycles. The monoisotopic (exact) mass is 254 g/mol. The van der Waals surface area contributed by atoms with Gasteiger partial charge in [0.15, 0.2) is 0 Å². The minimum Gasteiger partial charge on any atom is -0.376 e. The van der Waals surface area contributed by atoms with Gasteiger partial charge < -0.3 is 4.74 Å². The van der Waals surface area contributed by atoms with E-state index in [4.69, 9.17) is 10.6 Å². The molecule has 1 heterocycles. The molecular formula is C13H22N2OS. The number of nitrogens with one attached hydrogen (secondary N) is 1. The van der Waals surface area contributed by atoms with E-state index in [2.05, 4.69) is 23.8 Å². The van der Waals surface area contributed by atoms with Crippen LogP contribution < -0.4 is 11.3 Å². The third-order valence-electron chi connectivity index (χ3n) is 4.01. The highest BCUT2D eigenvalue weighted by molar-refractivity contribution is 7.10. The SMILES string of the molecule is COC1(C(NN)c2ccsc2C)CCCCC1. The summed E-state index contributed by atoms with van der Waals surface area (Å²) in [4.78, 5) is 1.33. The average Bonchev–Trinajstić information content (AvgIpc) is 2.78. The van der Waals surface area contributed by atoms with Gasteiger partial charge >= 0.3 is 0 Å². The quantitative estimate of drug-likeness (QED) is 0.641. The number of nitrogens with two attached hydrogens (primary N) is 1. The maximum absolute atomic E-state index is 5.87. The van der Waals surface area contributed by atoms with Crippen LogP contribution in [0, 0.1) is 6.92 Å². The molecule has 1 unspecified atom stereocenters. The van der Waals surface area contributed by atoms with Gasteiger partial charge in [0, 0.05) is 12.0 Å². The maximum atomic E-state index is 5.87. The molecule has 2 rings (SSSR count). The molecule has 0 spiro atoms. The number of hydrogen-bond donors (Lipinski definition) is 2. The molecular weight excluding hydrogens is 232 g/mol. The van der Waals surface area contributed by atoms with Gasteiger partial charge in [0.1, 0.15) is 0 Å². The van der Waals surface area contributed by atoms with E-state index in [1.807, 2.05) is 7.11 Å². The van der Waals surface area contributed by atoms with Crippen molar-refractivity contribution >= 4 is 11.3 Å². The zero-order valence-electron chi connectivity index (χ0n) is 10.7. The van der Waals surface area contributed by atoms with Crippen molar-refractivity contribution in [1.29, 1.82) is 0 Å². The molecule has 0 aliphatic heterocycles. The zero-order chi connectivity index (χ0) is 12.3. The summed E-state index contributed by atoms with van der Waals surface area (Å²) >= 11 is 1.77. The Hall–Kier alpha value is -0.420. The van der Waals surface area contributed by atoms with Gasteiger partial charge in [-0.2, -0.15) is 0 Å². The highest BCUT2D eigenvalue weighted by Crippen LogP contribution is 2.42. The van der Waals surface area contributed by atoms with Crippen LogP contribution in [0.5, 0.6) is 0 Å². The average molecular weight is 254 g/mol. The first-order valence-corrected chi connectivity index (χ1v) is 7.17. The van der Waals surface area contributed by atoms with Gasteiger partial charge in [-0.1, -0.05) is 19.3 Å². The third-order valence-corrected chi connectivity index (χ3v) is 4.87. The fourth-order valence-electron chi connectivity index (χ4n) is 2.98. The second-order valence-corrected chi connectivity index (χ2v) is 5.98. The van der Waals surface area contributed by atoms with Crippen molar-refractivity contribution in [3.8, 4) is 0 Å². The lowest BCUT2D eigenvalue weighted by atomic mass is 9.77. The lowest BCUT2D eigenvalue weighted by molar-refractivity contribution is -0.0689. The van der Waals surface area contributed by atoms with E-state index in [9.17, 15) is 0 Å². The molecule has 0 amide bonds. The molecule has 96 valence electrons. The Morgan fingerprint density at radius 1 is 1.41 bits per heavy atom. The second kappa shape index (κ2) is 5.48. The minimum absolute atomic E-state index is 0.110. The summed E-state index contributed by atoms with van der Waals surface area (Å²) in [6.45, 7) is 2.15. The Labute approximate surface area is 107 Å². The van der Waals surface area contributed by atoms with Gasteiger partial charge in [0.25, 0.3) is 0 Å². The number of hydrogen-bond acceptors (Lipinski definition) is 4. The van der Waals surface area contributed by atoms with Crippen molar-refractivity contribution in [2.45, 2.75) is 50.7 Å². The van der Waals surface area contributed by atoms with Crippen LogP contribution in [0.15, 0.2) is 11.4 Å². The normalized spacial score (nSPS) is 21.4. The first-order valence-electron chi connectivity index (χ1n) is 6.29. The van der Waals surface area contributed by atoms with Gasteiger partial charge in [-0.05, 0) is 36.8 Å². The van der Waals surface area contributed by atoms with Crippen molar-refractivity contribution in [3.05, 3.63) is 21.9 Å². The summed E-state index contributed by atoms with van der Waals surface area (Å²) in [5, 5.41) is 2.13. The molecule has 17 heavy (non-hydrogen) atoms. The molecule has 1 saturated carbocycles. The van der Waals surface area contributed by atoms with E-state index in [0.29, 0.717) is 0 Å². The molecule has 1 aliphatic carbocycles. The number of hydrazine groups is 1. The van der Waals surface area contributed by atoms with Gasteiger partial charge in [-0.15, -0.1) is 11.3 Å². The predicted octanol–water partition coefficient (Wildman–Crippen LogP) is 2.91. The fourth-order valence-corrected chi connectivity index (χ4v) is 3.72. The predicted molar refractivity (Wildman–Crippen MR) is 71.9 cm³/mol. The van der Waals surface area contributed by atoms with Gasteiger partial charge in [0.2, 0.25) is 0 Å². The molecule has 0 bridgehead atoms. The Morgan fingerprint density at radius 3 is 2.59 bits per heavy atom. The van der Waals surface area contributed by atoms with Gasteiger partial charge in [0.05, 0.1) is 11.6 Å². The van der Waals surface area contributed by atoms with E-state index in [1.165, 1.54) is 29.7 Å². The summed E-state index contributed by atoms with van der Waals surface area (Å²) in [6, 6.07) is 2.28. The molecule has 3 nitrogen and oxygen atoms in total. The Morgan fingerprint density at radius 2 is 2.12 bits per heavy atom. The van der Waals surface area contributed by atoms with E-state index < -0.39 is 0 Å². The van der Waals surface area contributed by atoms with Crippen LogP contribution in [-0.2, 0) is 4.74 Å². The van der Waals surface area contributed by atoms with E-state index in [0.717, 1.165) is 12.8 Å². The highest BCUT2D eigenvalue weighted by Gasteiger charge is 2.41. The Bertz CT molecular complexity index is 358. The van der Waals surface area contributed by atoms with Gasteiger partial charge in [-0.25, -0.2) is 0 Å². The highest BCUT2D eigenvalue weighted by atomic mass is 32.1. The fraction of sp³-hybridized carbons (Fsp3) is 0.692. The number of ether oxygens (including phenoxy) is 1. The zero-order valence-corrected chi connectivity index (χ0v) is 11.5. The summed E-state index contributed by atoms with van der Waals surface area (Å²) in [7, 11) is 1.82. The van der Waals surface area contributed by atoms with Crippen LogP contribution in [0.2, 0.25) is 0 Å². The van der Waals surface area contributed by atoms with Crippen LogP contribution >= 0.6 is 11.3 Å². The van der Waals surface area contributed by atoms with Crippen molar-refractivity contribution in [3.63, 3.8) is 0 Å².